The van der Waals surface area contributed by atoms with Gasteiger partial charge in [-0.05, 0) is 13.8 Å². The number of esters is 1. The smallest absolute Gasteiger partial charge is 0.323 e. The second-order valence-electron chi connectivity index (χ2n) is 2.03. The van der Waals surface area contributed by atoms with Gasteiger partial charge in [0.2, 0.25) is 0 Å². The third-order valence-corrected chi connectivity index (χ3v) is 1.86. The van der Waals surface area contributed by atoms with E-state index in [0.717, 1.165) is 0 Å². The van der Waals surface area contributed by atoms with Gasteiger partial charge in [0.15, 0.2) is 0 Å². The first-order valence-electron chi connectivity index (χ1n) is 3.25. The quantitative estimate of drug-likeness (QED) is 0.530. The Morgan fingerprint density at radius 3 is 2.50 bits per heavy atom. The molecule has 0 saturated carbocycles. The molecule has 0 aromatic heterocycles. The standard InChI is InChI=1S/C5H10ClNO4S/c1-3-11-5(8)4(2)7-12(6,9)10/h4,7H,3H2,1-2H3. The van der Waals surface area contributed by atoms with Crippen LogP contribution in [-0.4, -0.2) is 27.0 Å². The van der Waals surface area contributed by atoms with E-state index in [2.05, 4.69) is 4.74 Å². The van der Waals surface area contributed by atoms with E-state index in [9.17, 15) is 13.2 Å². The number of halogens is 1. The number of hydrogen-bond donors (Lipinski definition) is 1. The Balaban J connectivity index is 4.05. The Bertz CT molecular complexity index is 250. The summed E-state index contributed by atoms with van der Waals surface area (Å²) in [5, 5.41) is 0. The topological polar surface area (TPSA) is 72.5 Å². The van der Waals surface area contributed by atoms with Crippen LogP contribution in [0.3, 0.4) is 0 Å². The van der Waals surface area contributed by atoms with Crippen molar-refractivity contribution < 1.29 is 17.9 Å². The molecular formula is C5H10ClNO4S. The number of carbonyl (C=O) groups is 1. The largest absolute Gasteiger partial charge is 0.465 e. The summed E-state index contributed by atoms with van der Waals surface area (Å²) in [6.45, 7) is 3.17. The molecule has 0 saturated heterocycles. The minimum Gasteiger partial charge on any atom is -0.465 e. The lowest BCUT2D eigenvalue weighted by atomic mass is 10.4. The van der Waals surface area contributed by atoms with Crippen LogP contribution in [0.4, 0.5) is 0 Å². The van der Waals surface area contributed by atoms with Crippen molar-refractivity contribution in [2.24, 2.45) is 0 Å². The molecule has 1 N–H and O–H groups in total. The van der Waals surface area contributed by atoms with Crippen molar-refractivity contribution in [3.8, 4) is 0 Å². The normalized spacial score (nSPS) is 13.9. The molecule has 0 aliphatic carbocycles. The van der Waals surface area contributed by atoms with Gasteiger partial charge in [-0.2, -0.15) is 13.1 Å². The second-order valence-corrected chi connectivity index (χ2v) is 4.36. The van der Waals surface area contributed by atoms with E-state index in [-0.39, 0.29) is 6.61 Å². The molecule has 7 heteroatoms. The van der Waals surface area contributed by atoms with E-state index < -0.39 is 21.2 Å². The van der Waals surface area contributed by atoms with Crippen molar-refractivity contribution in [1.82, 2.24) is 4.72 Å². The zero-order chi connectivity index (χ0) is 9.78. The molecule has 12 heavy (non-hydrogen) atoms. The highest BCUT2D eigenvalue weighted by atomic mass is 35.7. The number of ether oxygens (including phenoxy) is 1. The monoisotopic (exact) mass is 215 g/mol. The van der Waals surface area contributed by atoms with Gasteiger partial charge in [0.1, 0.15) is 6.04 Å². The number of hydrogen-bond acceptors (Lipinski definition) is 4. The Hall–Kier alpha value is -0.330. The second kappa shape index (κ2) is 4.64. The van der Waals surface area contributed by atoms with Gasteiger partial charge in [-0.3, -0.25) is 4.79 Å². The lowest BCUT2D eigenvalue weighted by molar-refractivity contribution is -0.144. The van der Waals surface area contributed by atoms with Crippen LogP contribution in [-0.2, 0) is 18.8 Å². The van der Waals surface area contributed by atoms with Crippen LogP contribution in [0.2, 0.25) is 0 Å². The summed E-state index contributed by atoms with van der Waals surface area (Å²) in [4.78, 5) is 10.8. The van der Waals surface area contributed by atoms with Crippen molar-refractivity contribution in [3.63, 3.8) is 0 Å². The molecule has 0 fully saturated rings. The number of nitrogens with one attached hydrogen (secondary N) is 1. The summed E-state index contributed by atoms with van der Waals surface area (Å²) in [5.41, 5.74) is 0. The first kappa shape index (κ1) is 11.7. The van der Waals surface area contributed by atoms with Gasteiger partial charge in [-0.1, -0.05) is 0 Å². The molecule has 1 unspecified atom stereocenters. The summed E-state index contributed by atoms with van der Waals surface area (Å²) in [5.74, 6) is -0.651. The maximum atomic E-state index is 10.8. The summed E-state index contributed by atoms with van der Waals surface area (Å²) in [6.07, 6.45) is 0. The summed E-state index contributed by atoms with van der Waals surface area (Å²) < 4.78 is 27.2. The van der Waals surface area contributed by atoms with E-state index >= 15 is 0 Å². The van der Waals surface area contributed by atoms with Crippen molar-refractivity contribution in [2.75, 3.05) is 6.61 Å². The maximum absolute atomic E-state index is 10.8. The highest BCUT2D eigenvalue weighted by molar-refractivity contribution is 8.12. The number of rotatable bonds is 4. The van der Waals surface area contributed by atoms with Gasteiger partial charge < -0.3 is 4.74 Å². The van der Waals surface area contributed by atoms with Crippen molar-refractivity contribution in [2.45, 2.75) is 19.9 Å². The number of carbonyl (C=O) groups excluding carboxylic acids is 1. The lowest BCUT2D eigenvalue weighted by Crippen LogP contribution is -2.37. The molecule has 0 aromatic carbocycles. The predicted octanol–water partition coefficient (Wildman–Crippen LogP) is 0.0112. The van der Waals surface area contributed by atoms with E-state index in [1.165, 1.54) is 6.92 Å². The van der Waals surface area contributed by atoms with E-state index in [1.54, 1.807) is 6.92 Å². The summed E-state index contributed by atoms with van der Waals surface area (Å²) in [6, 6.07) is -0.951. The molecular weight excluding hydrogens is 206 g/mol. The predicted molar refractivity (Wildman–Crippen MR) is 44.0 cm³/mol. The van der Waals surface area contributed by atoms with Gasteiger partial charge in [-0.15, -0.1) is 0 Å². The van der Waals surface area contributed by atoms with Gasteiger partial charge >= 0.3 is 5.97 Å². The molecule has 0 spiro atoms. The molecule has 0 radical (unpaired) electrons. The molecule has 0 amide bonds. The molecule has 5 nitrogen and oxygen atoms in total. The highest BCUT2D eigenvalue weighted by Gasteiger charge is 2.18. The fraction of sp³-hybridized carbons (Fsp3) is 0.800. The van der Waals surface area contributed by atoms with Gasteiger partial charge in [-0.25, -0.2) is 0 Å². The molecule has 0 rings (SSSR count). The third kappa shape index (κ3) is 5.34. The Labute approximate surface area is 75.6 Å². The van der Waals surface area contributed by atoms with Crippen LogP contribution in [0, 0.1) is 0 Å². The Morgan fingerprint density at radius 2 is 2.17 bits per heavy atom. The minimum absolute atomic E-state index is 0.202. The van der Waals surface area contributed by atoms with Crippen LogP contribution in [0.1, 0.15) is 13.8 Å². The highest BCUT2D eigenvalue weighted by Crippen LogP contribution is 1.95. The SMILES string of the molecule is CCOC(=O)C(C)NS(=O)(=O)Cl. The summed E-state index contributed by atoms with van der Waals surface area (Å²) >= 11 is 0. The minimum atomic E-state index is -3.87. The Kier molecular flexibility index (Phi) is 4.51. The zero-order valence-electron chi connectivity index (χ0n) is 6.70. The van der Waals surface area contributed by atoms with E-state index in [0.29, 0.717) is 0 Å². The van der Waals surface area contributed by atoms with E-state index in [1.807, 2.05) is 4.72 Å². The van der Waals surface area contributed by atoms with Gasteiger partial charge in [0, 0.05) is 10.7 Å². The molecule has 1 atom stereocenters. The molecule has 72 valence electrons. The van der Waals surface area contributed by atoms with Crippen molar-refractivity contribution in [1.29, 1.82) is 0 Å². The van der Waals surface area contributed by atoms with Crippen LogP contribution in [0.25, 0.3) is 0 Å². The van der Waals surface area contributed by atoms with Crippen molar-refractivity contribution in [3.05, 3.63) is 0 Å². The molecule has 0 aromatic rings. The lowest BCUT2D eigenvalue weighted by Gasteiger charge is -2.08. The van der Waals surface area contributed by atoms with Crippen LogP contribution < -0.4 is 4.72 Å². The van der Waals surface area contributed by atoms with Gasteiger partial charge in [0.25, 0.3) is 9.24 Å². The first-order valence-corrected chi connectivity index (χ1v) is 5.56. The first-order chi connectivity index (χ1) is 5.37. The van der Waals surface area contributed by atoms with Crippen molar-refractivity contribution >= 4 is 25.9 Å². The fourth-order valence-corrected chi connectivity index (χ4v) is 1.45. The van der Waals surface area contributed by atoms with Gasteiger partial charge in [0.05, 0.1) is 6.61 Å². The third-order valence-electron chi connectivity index (χ3n) is 0.958. The van der Waals surface area contributed by atoms with E-state index in [4.69, 9.17) is 10.7 Å². The van der Waals surface area contributed by atoms with Crippen LogP contribution in [0.15, 0.2) is 0 Å². The Morgan fingerprint density at radius 1 is 1.67 bits per heavy atom. The zero-order valence-corrected chi connectivity index (χ0v) is 8.28. The average Bonchev–Trinajstić information content (AvgIpc) is 1.84. The fourth-order valence-electron chi connectivity index (χ4n) is 0.527. The molecule has 0 aliphatic rings. The average molecular weight is 216 g/mol. The molecule has 0 bridgehead atoms. The van der Waals surface area contributed by atoms with Crippen LogP contribution in [0.5, 0.6) is 0 Å². The molecule has 0 heterocycles. The maximum Gasteiger partial charge on any atom is 0.323 e. The summed E-state index contributed by atoms with van der Waals surface area (Å²) in [7, 11) is 0.960. The van der Waals surface area contributed by atoms with Crippen LogP contribution >= 0.6 is 10.7 Å². The molecule has 0 aliphatic heterocycles.